The average Bonchev–Trinajstić information content (AvgIpc) is 2.44. The Morgan fingerprint density at radius 2 is 1.21 bits per heavy atom. The van der Waals surface area contributed by atoms with Gasteiger partial charge in [0, 0.05) is 6.42 Å². The summed E-state index contributed by atoms with van der Waals surface area (Å²) in [4.78, 5) is 0. The van der Waals surface area contributed by atoms with Gasteiger partial charge < -0.3 is 11.3 Å². The fourth-order valence-corrected chi connectivity index (χ4v) is 2.31. The minimum absolute atomic E-state index is 0.701. The molecule has 0 aliphatic heterocycles. The highest BCUT2D eigenvalue weighted by Gasteiger charge is 1.96. The van der Waals surface area contributed by atoms with Gasteiger partial charge in [0.1, 0.15) is 5.84 Å². The van der Waals surface area contributed by atoms with E-state index < -0.39 is 0 Å². The van der Waals surface area contributed by atoms with Crippen molar-refractivity contribution in [1.82, 2.24) is 5.43 Å². The molecule has 0 atom stereocenters. The van der Waals surface area contributed by atoms with Gasteiger partial charge in [-0.05, 0) is 6.42 Å². The van der Waals surface area contributed by atoms with E-state index in [1.807, 2.05) is 0 Å². The van der Waals surface area contributed by atoms with Gasteiger partial charge in [-0.15, -0.1) is 0 Å². The molecule has 0 aliphatic carbocycles. The second kappa shape index (κ2) is 15.3. The van der Waals surface area contributed by atoms with Crippen LogP contribution < -0.4 is 17.1 Å². The summed E-state index contributed by atoms with van der Waals surface area (Å²) >= 11 is 0. The summed E-state index contributed by atoms with van der Waals surface area (Å²) in [5.41, 5.74) is 2.52. The number of hydrogen-bond acceptors (Lipinski definition) is 3. The van der Waals surface area contributed by atoms with Crippen molar-refractivity contribution in [2.75, 3.05) is 0 Å². The molecule has 114 valence electrons. The van der Waals surface area contributed by atoms with Gasteiger partial charge in [0.05, 0.1) is 0 Å². The molecule has 0 saturated heterocycles. The molecule has 0 aromatic rings. The zero-order valence-corrected chi connectivity index (χ0v) is 12.8. The van der Waals surface area contributed by atoms with Crippen molar-refractivity contribution in [2.24, 2.45) is 16.8 Å². The van der Waals surface area contributed by atoms with Crippen molar-refractivity contribution in [3.05, 3.63) is 0 Å². The fourth-order valence-electron chi connectivity index (χ4n) is 2.31. The van der Waals surface area contributed by atoms with E-state index in [-0.39, 0.29) is 0 Å². The lowest BCUT2D eigenvalue weighted by Gasteiger charge is -2.04. The fraction of sp³-hybridized carbons (Fsp3) is 0.933. The van der Waals surface area contributed by atoms with E-state index in [4.69, 9.17) is 11.7 Å². The Kier molecular flexibility index (Phi) is 14.7. The smallest absolute Gasteiger partial charge is 0.135 e. The van der Waals surface area contributed by atoms with Crippen LogP contribution in [0.3, 0.4) is 0 Å². The number of amidine groups is 1. The van der Waals surface area contributed by atoms with Crippen molar-refractivity contribution < 1.29 is 0 Å². The summed E-state index contributed by atoms with van der Waals surface area (Å²) in [5.74, 6) is 11.1. The van der Waals surface area contributed by atoms with Gasteiger partial charge in [0.15, 0.2) is 0 Å². The van der Waals surface area contributed by atoms with Crippen molar-refractivity contribution in [3.63, 3.8) is 0 Å². The third kappa shape index (κ3) is 13.5. The number of rotatable bonds is 13. The monoisotopic (exact) mass is 270 g/mol. The van der Waals surface area contributed by atoms with Crippen LogP contribution in [0.15, 0.2) is 5.10 Å². The van der Waals surface area contributed by atoms with Crippen LogP contribution in [0.1, 0.15) is 90.4 Å². The summed E-state index contributed by atoms with van der Waals surface area (Å²) in [7, 11) is 0. The van der Waals surface area contributed by atoms with E-state index in [1.54, 1.807) is 0 Å². The molecule has 0 rings (SSSR count). The van der Waals surface area contributed by atoms with Gasteiger partial charge in [0.25, 0.3) is 0 Å². The van der Waals surface area contributed by atoms with Crippen molar-refractivity contribution in [2.45, 2.75) is 90.4 Å². The van der Waals surface area contributed by atoms with Crippen LogP contribution in [0.25, 0.3) is 0 Å². The predicted octanol–water partition coefficient (Wildman–Crippen LogP) is 3.81. The summed E-state index contributed by atoms with van der Waals surface area (Å²) in [6, 6.07) is 0. The molecular formula is C15H34N4. The summed E-state index contributed by atoms with van der Waals surface area (Å²) in [5, 5.41) is 3.58. The van der Waals surface area contributed by atoms with Crippen LogP contribution in [-0.2, 0) is 0 Å². The molecule has 0 amide bonds. The largest absolute Gasteiger partial charge is 0.322 e. The number of nitrogens with two attached hydrogens (primary N) is 2. The third-order valence-corrected chi connectivity index (χ3v) is 3.59. The molecule has 19 heavy (non-hydrogen) atoms. The first-order valence-electron chi connectivity index (χ1n) is 8.08. The molecule has 0 aromatic heterocycles. The van der Waals surface area contributed by atoms with Crippen LogP contribution in [0, 0.1) is 0 Å². The first-order valence-corrected chi connectivity index (χ1v) is 8.08. The Morgan fingerprint density at radius 1 is 0.789 bits per heavy atom. The number of hydrazone groups is 1. The Morgan fingerprint density at radius 3 is 1.58 bits per heavy atom. The van der Waals surface area contributed by atoms with Gasteiger partial charge in [0.2, 0.25) is 0 Å². The van der Waals surface area contributed by atoms with Crippen LogP contribution in [-0.4, -0.2) is 5.84 Å². The highest BCUT2D eigenvalue weighted by atomic mass is 15.3. The Bertz CT molecular complexity index is 204. The lowest BCUT2D eigenvalue weighted by atomic mass is 10.0. The molecule has 0 unspecified atom stereocenters. The van der Waals surface area contributed by atoms with Crippen molar-refractivity contribution in [1.29, 1.82) is 0 Å². The SMILES string of the molecule is CCCCCCCCCCCCCCC(=NN)NN. The van der Waals surface area contributed by atoms with Crippen LogP contribution in [0.2, 0.25) is 0 Å². The standard InChI is InChI=1S/C15H34N4/c1-2-3-4-5-6-7-8-9-10-11-12-13-14-15(18-16)19-17/h2-14,16-17H2,1H3,(H,18,19). The molecule has 0 heterocycles. The van der Waals surface area contributed by atoms with Gasteiger partial charge in [-0.2, -0.15) is 5.10 Å². The maximum Gasteiger partial charge on any atom is 0.135 e. The molecule has 0 fully saturated rings. The second-order valence-corrected chi connectivity index (χ2v) is 5.36. The summed E-state index contributed by atoms with van der Waals surface area (Å²) in [6.45, 7) is 2.27. The Hall–Kier alpha value is -0.770. The summed E-state index contributed by atoms with van der Waals surface area (Å²) < 4.78 is 0. The first kappa shape index (κ1) is 18.2. The molecule has 0 saturated carbocycles. The number of hydrogen-bond donors (Lipinski definition) is 3. The molecule has 0 aromatic carbocycles. The molecule has 4 nitrogen and oxygen atoms in total. The first-order chi connectivity index (χ1) is 9.35. The molecule has 0 radical (unpaired) electrons. The average molecular weight is 270 g/mol. The number of unbranched alkanes of at least 4 members (excludes halogenated alkanes) is 11. The van der Waals surface area contributed by atoms with Crippen molar-refractivity contribution in [3.8, 4) is 0 Å². The zero-order chi connectivity index (χ0) is 14.2. The molecule has 4 heteroatoms. The van der Waals surface area contributed by atoms with E-state index >= 15 is 0 Å². The molecule has 0 aliphatic rings. The minimum Gasteiger partial charge on any atom is -0.322 e. The second-order valence-electron chi connectivity index (χ2n) is 5.36. The minimum atomic E-state index is 0.701. The van der Waals surface area contributed by atoms with Crippen LogP contribution in [0.5, 0.6) is 0 Å². The summed E-state index contributed by atoms with van der Waals surface area (Å²) in [6.07, 6.45) is 17.2. The molecule has 0 bridgehead atoms. The molecular weight excluding hydrogens is 236 g/mol. The van der Waals surface area contributed by atoms with E-state index in [1.165, 1.54) is 70.6 Å². The van der Waals surface area contributed by atoms with Gasteiger partial charge in [-0.3, -0.25) is 0 Å². The Balaban J connectivity index is 3.07. The number of nitrogens with zero attached hydrogens (tertiary/aromatic N) is 1. The van der Waals surface area contributed by atoms with E-state index in [9.17, 15) is 0 Å². The third-order valence-electron chi connectivity index (χ3n) is 3.59. The maximum atomic E-state index is 5.26. The van der Waals surface area contributed by atoms with E-state index in [0.717, 1.165) is 12.8 Å². The predicted molar refractivity (Wildman–Crippen MR) is 84.6 cm³/mol. The van der Waals surface area contributed by atoms with E-state index in [2.05, 4.69) is 17.5 Å². The van der Waals surface area contributed by atoms with Crippen molar-refractivity contribution >= 4 is 5.84 Å². The highest BCUT2D eigenvalue weighted by molar-refractivity contribution is 5.81. The van der Waals surface area contributed by atoms with E-state index in [0.29, 0.717) is 5.84 Å². The highest BCUT2D eigenvalue weighted by Crippen LogP contribution is 2.12. The van der Waals surface area contributed by atoms with Gasteiger partial charge >= 0.3 is 0 Å². The molecule has 5 N–H and O–H groups in total. The van der Waals surface area contributed by atoms with Crippen LogP contribution in [0.4, 0.5) is 0 Å². The normalized spacial score (nSPS) is 11.8. The Labute approximate surface area is 119 Å². The topological polar surface area (TPSA) is 76.4 Å². The van der Waals surface area contributed by atoms with Gasteiger partial charge in [-0.1, -0.05) is 77.6 Å². The molecule has 0 spiro atoms. The van der Waals surface area contributed by atoms with Crippen LogP contribution >= 0.6 is 0 Å². The lowest BCUT2D eigenvalue weighted by molar-refractivity contribution is 0.545. The zero-order valence-electron chi connectivity index (χ0n) is 12.8. The maximum absolute atomic E-state index is 5.26. The van der Waals surface area contributed by atoms with Gasteiger partial charge in [-0.25, -0.2) is 5.84 Å². The number of nitrogens with one attached hydrogen (secondary N) is 1. The lowest BCUT2D eigenvalue weighted by Crippen LogP contribution is -2.31. The number of hydrazine groups is 1. The quantitative estimate of drug-likeness (QED) is 0.157.